The Morgan fingerprint density at radius 1 is 0.400 bits per heavy atom. The Kier molecular flexibility index (Phi) is 15.7. The maximum Gasteiger partial charge on any atom is 0.176 e. The molecule has 3 nitrogen and oxygen atoms in total. The van der Waals surface area contributed by atoms with Crippen LogP contribution in [0.5, 0.6) is 11.5 Å². The third kappa shape index (κ3) is 12.8. The number of ether oxygens (including phenoxy) is 1. The molecule has 4 rings (SSSR count). The molecule has 0 spiro atoms. The van der Waals surface area contributed by atoms with Gasteiger partial charge in [0.25, 0.3) is 0 Å². The van der Waals surface area contributed by atoms with Gasteiger partial charge in [-0.1, -0.05) is 115 Å². The van der Waals surface area contributed by atoms with Crippen molar-refractivity contribution in [2.75, 3.05) is 0 Å². The molecule has 0 radical (unpaired) electrons. The van der Waals surface area contributed by atoms with Gasteiger partial charge < -0.3 is 4.74 Å². The quantitative estimate of drug-likeness (QED) is 0.0642. The van der Waals surface area contributed by atoms with Crippen molar-refractivity contribution in [3.8, 4) is 33.8 Å². The van der Waals surface area contributed by atoms with Crippen LogP contribution < -0.4 is 13.9 Å². The van der Waals surface area contributed by atoms with Crippen molar-refractivity contribution >= 4 is 0 Å². The molecule has 0 aliphatic heterocycles. The van der Waals surface area contributed by atoms with Crippen LogP contribution in [-0.2, 0) is 13.1 Å². The zero-order chi connectivity index (χ0) is 31.4. The molecule has 45 heavy (non-hydrogen) atoms. The van der Waals surface area contributed by atoms with Gasteiger partial charge in [0.15, 0.2) is 24.8 Å². The summed E-state index contributed by atoms with van der Waals surface area (Å²) in [7, 11) is 0. The largest absolute Gasteiger partial charge is 0.457 e. The molecule has 0 N–H and O–H groups in total. The summed E-state index contributed by atoms with van der Waals surface area (Å²) in [6.45, 7) is 6.74. The number of aryl methyl sites for hydroxylation is 2. The maximum atomic E-state index is 6.21. The van der Waals surface area contributed by atoms with Crippen molar-refractivity contribution < 1.29 is 13.9 Å². The van der Waals surface area contributed by atoms with Crippen LogP contribution in [0, 0.1) is 0 Å². The fraction of sp³-hybridized carbons (Fsp3) is 0.476. The molecule has 0 aliphatic carbocycles. The fourth-order valence-electron chi connectivity index (χ4n) is 6.09. The van der Waals surface area contributed by atoms with Gasteiger partial charge in [-0.2, -0.15) is 0 Å². The molecule has 4 aromatic rings. The van der Waals surface area contributed by atoms with Crippen molar-refractivity contribution in [2.45, 2.75) is 130 Å². The molecule has 0 unspecified atom stereocenters. The molecular weight excluding hydrogens is 548 g/mol. The van der Waals surface area contributed by atoms with Gasteiger partial charge in [-0.05, 0) is 60.4 Å². The topological polar surface area (TPSA) is 17.0 Å². The predicted molar refractivity (Wildman–Crippen MR) is 189 cm³/mol. The van der Waals surface area contributed by atoms with Crippen LogP contribution in [0.25, 0.3) is 22.3 Å². The number of unbranched alkanes of at least 4 members (excludes halogenated alkanes) is 14. The zero-order valence-corrected chi connectivity index (χ0v) is 28.3. The molecule has 0 fully saturated rings. The number of rotatable bonds is 22. The molecule has 240 valence electrons. The number of aromatic nitrogens is 2. The predicted octanol–water partition coefficient (Wildman–Crippen LogP) is 11.7. The van der Waals surface area contributed by atoms with Gasteiger partial charge in [0.05, 0.1) is 0 Å². The smallest absolute Gasteiger partial charge is 0.176 e. The van der Waals surface area contributed by atoms with E-state index < -0.39 is 0 Å². The van der Waals surface area contributed by atoms with E-state index in [4.69, 9.17) is 4.74 Å². The summed E-state index contributed by atoms with van der Waals surface area (Å²) in [5.41, 5.74) is 4.92. The molecular formula is C42H58N2O+2. The Morgan fingerprint density at radius 2 is 0.756 bits per heavy atom. The first-order valence-corrected chi connectivity index (χ1v) is 18.1. The van der Waals surface area contributed by atoms with Gasteiger partial charge in [-0.15, -0.1) is 0 Å². The van der Waals surface area contributed by atoms with Crippen LogP contribution in [0.4, 0.5) is 0 Å². The average Bonchev–Trinajstić information content (AvgIpc) is 3.08. The second-order valence-electron chi connectivity index (χ2n) is 12.8. The molecule has 2 heterocycles. The normalized spacial score (nSPS) is 11.2. The Labute approximate surface area is 274 Å². The third-order valence-electron chi connectivity index (χ3n) is 8.87. The van der Waals surface area contributed by atoms with Crippen LogP contribution >= 0.6 is 0 Å². The highest BCUT2D eigenvalue weighted by atomic mass is 16.5. The van der Waals surface area contributed by atoms with E-state index in [1.165, 1.54) is 125 Å². The van der Waals surface area contributed by atoms with Crippen LogP contribution in [0.2, 0.25) is 0 Å². The van der Waals surface area contributed by atoms with E-state index in [1.54, 1.807) is 0 Å². The van der Waals surface area contributed by atoms with Crippen molar-refractivity contribution in [3.05, 3.63) is 97.6 Å². The summed E-state index contributed by atoms with van der Waals surface area (Å²) in [6, 6.07) is 25.7. The lowest BCUT2D eigenvalue weighted by atomic mass is 10.1. The highest BCUT2D eigenvalue weighted by Crippen LogP contribution is 2.27. The first kappa shape index (κ1) is 34.4. The molecule has 3 heteroatoms. The van der Waals surface area contributed by atoms with Gasteiger partial charge in [0.2, 0.25) is 0 Å². The average molecular weight is 607 g/mol. The minimum atomic E-state index is 0.858. The Bertz CT molecular complexity index is 1240. The molecule has 2 aromatic heterocycles. The van der Waals surface area contributed by atoms with Gasteiger partial charge in [-0.3, -0.25) is 0 Å². The molecule has 0 saturated heterocycles. The first-order valence-electron chi connectivity index (χ1n) is 18.1. The van der Waals surface area contributed by atoms with Crippen LogP contribution in [0.15, 0.2) is 97.6 Å². The van der Waals surface area contributed by atoms with E-state index in [1.807, 2.05) is 0 Å². The maximum absolute atomic E-state index is 6.21. The van der Waals surface area contributed by atoms with Gasteiger partial charge >= 0.3 is 0 Å². The minimum Gasteiger partial charge on any atom is -0.457 e. The van der Waals surface area contributed by atoms with Crippen molar-refractivity contribution in [3.63, 3.8) is 0 Å². The van der Waals surface area contributed by atoms with E-state index >= 15 is 0 Å². The summed E-state index contributed by atoms with van der Waals surface area (Å²) < 4.78 is 10.9. The monoisotopic (exact) mass is 606 g/mol. The van der Waals surface area contributed by atoms with E-state index in [0.29, 0.717) is 0 Å². The minimum absolute atomic E-state index is 0.858. The Morgan fingerprint density at radius 3 is 1.13 bits per heavy atom. The standard InChI is InChI=1S/C42H58N2O/c1-3-5-7-9-11-13-15-17-31-43-33-19-21-39(35-43)37-23-27-41(28-24-37)45-42-29-25-38(26-30-42)40-22-20-34-44(36-40)32-18-16-14-12-10-8-6-4-2/h19-30,33-36H,3-18,31-32H2,1-2H3/q+2. The second-order valence-corrected chi connectivity index (χ2v) is 12.8. The van der Waals surface area contributed by atoms with Crippen LogP contribution in [0.3, 0.4) is 0 Å². The lowest BCUT2D eigenvalue weighted by molar-refractivity contribution is -0.697. The SMILES string of the molecule is CCCCCCCCCC[n+]1cccc(-c2ccc(Oc3ccc(-c4ccc[n+](CCCCCCCCCC)c4)cc3)cc2)c1. The van der Waals surface area contributed by atoms with Gasteiger partial charge in [-0.25, -0.2) is 9.13 Å². The van der Waals surface area contributed by atoms with Crippen molar-refractivity contribution in [1.29, 1.82) is 0 Å². The molecule has 2 aromatic carbocycles. The number of hydrogen-bond donors (Lipinski definition) is 0. The van der Waals surface area contributed by atoms with E-state index in [9.17, 15) is 0 Å². The molecule has 0 amide bonds. The third-order valence-corrected chi connectivity index (χ3v) is 8.87. The molecule has 0 bridgehead atoms. The summed E-state index contributed by atoms with van der Waals surface area (Å²) in [4.78, 5) is 0. The second kappa shape index (κ2) is 20.5. The summed E-state index contributed by atoms with van der Waals surface area (Å²) in [5, 5.41) is 0. The Balaban J connectivity index is 1.22. The van der Waals surface area contributed by atoms with E-state index in [2.05, 4.69) is 121 Å². The Hall–Kier alpha value is -3.46. The number of benzene rings is 2. The van der Waals surface area contributed by atoms with Crippen LogP contribution in [-0.4, -0.2) is 0 Å². The lowest BCUT2D eigenvalue weighted by Gasteiger charge is -2.08. The molecule has 0 saturated carbocycles. The van der Waals surface area contributed by atoms with Crippen LogP contribution in [0.1, 0.15) is 117 Å². The highest BCUT2D eigenvalue weighted by molar-refractivity contribution is 5.63. The number of pyridine rings is 2. The molecule has 0 atom stereocenters. The number of nitrogens with zero attached hydrogens (tertiary/aromatic N) is 2. The highest BCUT2D eigenvalue weighted by Gasteiger charge is 2.08. The zero-order valence-electron chi connectivity index (χ0n) is 28.3. The van der Waals surface area contributed by atoms with Gasteiger partial charge in [0, 0.05) is 36.1 Å². The van der Waals surface area contributed by atoms with Crippen molar-refractivity contribution in [2.24, 2.45) is 0 Å². The van der Waals surface area contributed by atoms with E-state index in [-0.39, 0.29) is 0 Å². The van der Waals surface area contributed by atoms with Crippen molar-refractivity contribution in [1.82, 2.24) is 0 Å². The first-order chi connectivity index (χ1) is 22.2. The summed E-state index contributed by atoms with van der Waals surface area (Å²) >= 11 is 0. The summed E-state index contributed by atoms with van der Waals surface area (Å²) in [6.07, 6.45) is 30.6. The van der Waals surface area contributed by atoms with Gasteiger partial charge in [0.1, 0.15) is 24.6 Å². The van der Waals surface area contributed by atoms with E-state index in [0.717, 1.165) is 24.6 Å². The molecule has 0 aliphatic rings. The lowest BCUT2D eigenvalue weighted by Crippen LogP contribution is -2.32. The summed E-state index contributed by atoms with van der Waals surface area (Å²) in [5.74, 6) is 1.72. The fourth-order valence-corrected chi connectivity index (χ4v) is 6.09. The number of hydrogen-bond acceptors (Lipinski definition) is 1.